The Kier molecular flexibility index (Phi) is 2.88. The van der Waals surface area contributed by atoms with Gasteiger partial charge in [0.05, 0.1) is 17.9 Å². The van der Waals surface area contributed by atoms with Crippen LogP contribution in [-0.4, -0.2) is 38.7 Å². The predicted molar refractivity (Wildman–Crippen MR) is 62.8 cm³/mol. The molecule has 1 atom stereocenters. The van der Waals surface area contributed by atoms with Crippen molar-refractivity contribution in [1.82, 2.24) is 15.1 Å². The molecule has 0 radical (unpaired) electrons. The second-order valence-corrected chi connectivity index (χ2v) is 5.44. The molecule has 3 rings (SSSR count). The SMILES string of the molecule is OC[C@@]1(O)CCn2nc3c(c2C(F)(F)C1)CNCC3. The Balaban J connectivity index is 2.07. The summed E-state index contributed by atoms with van der Waals surface area (Å²) in [6, 6.07) is 0. The number of hydrogen-bond donors (Lipinski definition) is 3. The largest absolute Gasteiger partial charge is 0.393 e. The van der Waals surface area contributed by atoms with E-state index in [0.29, 0.717) is 18.5 Å². The van der Waals surface area contributed by atoms with Gasteiger partial charge >= 0.3 is 0 Å². The topological polar surface area (TPSA) is 70.3 Å². The molecule has 0 spiro atoms. The minimum atomic E-state index is -3.17. The van der Waals surface area contributed by atoms with Crippen LogP contribution in [0.2, 0.25) is 0 Å². The zero-order valence-corrected chi connectivity index (χ0v) is 10.5. The first-order valence-electron chi connectivity index (χ1n) is 6.46. The smallest absolute Gasteiger partial charge is 0.292 e. The third kappa shape index (κ3) is 2.05. The zero-order chi connectivity index (χ0) is 13.7. The van der Waals surface area contributed by atoms with Gasteiger partial charge in [0.1, 0.15) is 5.69 Å². The second kappa shape index (κ2) is 4.22. The molecule has 5 nitrogen and oxygen atoms in total. The maximum absolute atomic E-state index is 14.4. The van der Waals surface area contributed by atoms with Crippen molar-refractivity contribution in [3.8, 4) is 0 Å². The van der Waals surface area contributed by atoms with Crippen molar-refractivity contribution in [2.45, 2.75) is 43.9 Å². The molecule has 1 aromatic heterocycles. The summed E-state index contributed by atoms with van der Waals surface area (Å²) in [6.07, 6.45) is -0.0234. The van der Waals surface area contributed by atoms with E-state index in [-0.39, 0.29) is 18.7 Å². The first-order valence-corrected chi connectivity index (χ1v) is 6.46. The molecular weight excluding hydrogens is 256 g/mol. The van der Waals surface area contributed by atoms with Crippen molar-refractivity contribution in [2.24, 2.45) is 0 Å². The zero-order valence-electron chi connectivity index (χ0n) is 10.5. The van der Waals surface area contributed by atoms with Crippen LogP contribution in [0.5, 0.6) is 0 Å². The maximum Gasteiger partial charge on any atom is 0.292 e. The van der Waals surface area contributed by atoms with Crippen molar-refractivity contribution in [1.29, 1.82) is 0 Å². The number of alkyl halides is 2. The van der Waals surface area contributed by atoms with Crippen molar-refractivity contribution < 1.29 is 19.0 Å². The van der Waals surface area contributed by atoms with Gasteiger partial charge in [0.15, 0.2) is 0 Å². The lowest BCUT2D eigenvalue weighted by Crippen LogP contribution is -2.38. The van der Waals surface area contributed by atoms with Crippen molar-refractivity contribution in [3.05, 3.63) is 17.0 Å². The molecule has 19 heavy (non-hydrogen) atoms. The summed E-state index contributed by atoms with van der Waals surface area (Å²) in [5, 5.41) is 26.5. The summed E-state index contributed by atoms with van der Waals surface area (Å²) in [7, 11) is 0. The number of aromatic nitrogens is 2. The second-order valence-electron chi connectivity index (χ2n) is 5.44. The van der Waals surface area contributed by atoms with Crippen LogP contribution in [0.3, 0.4) is 0 Å². The predicted octanol–water partition coefficient (Wildman–Crippen LogP) is 0.138. The highest BCUT2D eigenvalue weighted by atomic mass is 19.3. The van der Waals surface area contributed by atoms with Gasteiger partial charge in [0.2, 0.25) is 0 Å². The lowest BCUT2D eigenvalue weighted by Gasteiger charge is -2.27. The van der Waals surface area contributed by atoms with Gasteiger partial charge in [0, 0.05) is 38.0 Å². The first kappa shape index (κ1) is 13.0. The Morgan fingerprint density at radius 1 is 1.42 bits per heavy atom. The molecule has 0 bridgehead atoms. The molecule has 3 heterocycles. The normalized spacial score (nSPS) is 29.5. The third-order valence-electron chi connectivity index (χ3n) is 3.95. The summed E-state index contributed by atoms with van der Waals surface area (Å²) in [5.41, 5.74) is -0.556. The van der Waals surface area contributed by atoms with Gasteiger partial charge in [-0.2, -0.15) is 13.9 Å². The van der Waals surface area contributed by atoms with Crippen LogP contribution in [0, 0.1) is 0 Å². The molecular formula is C12H17F2N3O2. The molecule has 0 unspecified atom stereocenters. The lowest BCUT2D eigenvalue weighted by atomic mass is 9.91. The number of fused-ring (bicyclic) bond motifs is 3. The van der Waals surface area contributed by atoms with E-state index in [4.69, 9.17) is 5.11 Å². The third-order valence-corrected chi connectivity index (χ3v) is 3.95. The van der Waals surface area contributed by atoms with Crippen molar-refractivity contribution >= 4 is 0 Å². The maximum atomic E-state index is 14.4. The molecule has 106 valence electrons. The number of halogens is 2. The number of aryl methyl sites for hydroxylation is 1. The van der Waals surface area contributed by atoms with Gasteiger partial charge in [-0.3, -0.25) is 4.68 Å². The quantitative estimate of drug-likeness (QED) is 0.680. The summed E-state index contributed by atoms with van der Waals surface area (Å²) >= 11 is 0. The minimum Gasteiger partial charge on any atom is -0.393 e. The monoisotopic (exact) mass is 273 g/mol. The fraction of sp³-hybridized carbons (Fsp3) is 0.750. The molecule has 0 aromatic carbocycles. The van der Waals surface area contributed by atoms with E-state index in [1.54, 1.807) is 0 Å². The number of aliphatic hydroxyl groups excluding tert-OH is 1. The highest BCUT2D eigenvalue weighted by Gasteiger charge is 2.48. The molecule has 2 aliphatic heterocycles. The molecule has 0 saturated carbocycles. The fourth-order valence-corrected chi connectivity index (χ4v) is 2.96. The van der Waals surface area contributed by atoms with Gasteiger partial charge in [0.25, 0.3) is 5.92 Å². The van der Waals surface area contributed by atoms with Crippen LogP contribution in [0.15, 0.2) is 0 Å². The van der Waals surface area contributed by atoms with E-state index in [9.17, 15) is 13.9 Å². The lowest BCUT2D eigenvalue weighted by molar-refractivity contribution is -0.112. The summed E-state index contributed by atoms with van der Waals surface area (Å²) < 4.78 is 30.1. The summed E-state index contributed by atoms with van der Waals surface area (Å²) in [5.74, 6) is -3.17. The summed E-state index contributed by atoms with van der Waals surface area (Å²) in [6.45, 7) is 0.677. The van der Waals surface area contributed by atoms with Gasteiger partial charge < -0.3 is 15.5 Å². The van der Waals surface area contributed by atoms with Crippen LogP contribution in [0.4, 0.5) is 8.78 Å². The molecule has 1 aromatic rings. The van der Waals surface area contributed by atoms with Gasteiger partial charge in [-0.15, -0.1) is 0 Å². The number of aliphatic hydroxyl groups is 2. The fourth-order valence-electron chi connectivity index (χ4n) is 2.96. The molecule has 2 aliphatic rings. The number of nitrogens with one attached hydrogen (secondary N) is 1. The van der Waals surface area contributed by atoms with Crippen molar-refractivity contribution in [3.63, 3.8) is 0 Å². The van der Waals surface area contributed by atoms with Gasteiger partial charge in [-0.1, -0.05) is 0 Å². The number of hydrogen-bond acceptors (Lipinski definition) is 4. The Bertz CT molecular complexity index is 503. The average molecular weight is 273 g/mol. The Labute approximate surface area is 109 Å². The molecule has 0 aliphatic carbocycles. The highest BCUT2D eigenvalue weighted by molar-refractivity contribution is 5.32. The van der Waals surface area contributed by atoms with Crippen LogP contribution in [0.1, 0.15) is 29.8 Å². The van der Waals surface area contributed by atoms with Crippen LogP contribution < -0.4 is 5.32 Å². The minimum absolute atomic E-state index is 0.0834. The number of rotatable bonds is 1. The van der Waals surface area contributed by atoms with Crippen LogP contribution in [0.25, 0.3) is 0 Å². The highest BCUT2D eigenvalue weighted by Crippen LogP contribution is 2.42. The average Bonchev–Trinajstić information content (AvgIpc) is 2.70. The first-order chi connectivity index (χ1) is 8.95. The Morgan fingerprint density at radius 2 is 2.21 bits per heavy atom. The summed E-state index contributed by atoms with van der Waals surface area (Å²) in [4.78, 5) is 0. The van der Waals surface area contributed by atoms with E-state index >= 15 is 0 Å². The van der Waals surface area contributed by atoms with E-state index in [2.05, 4.69) is 10.4 Å². The molecule has 0 amide bonds. The van der Waals surface area contributed by atoms with Crippen LogP contribution >= 0.6 is 0 Å². The molecule has 3 N–H and O–H groups in total. The Morgan fingerprint density at radius 3 is 2.95 bits per heavy atom. The van der Waals surface area contributed by atoms with E-state index in [1.807, 2.05) is 0 Å². The van der Waals surface area contributed by atoms with Gasteiger partial charge in [-0.25, -0.2) is 0 Å². The Hall–Kier alpha value is -1.05. The standard InChI is InChI=1S/C12H17F2N3O2/c13-12(14)6-11(19,7-18)2-4-17-10(12)8-5-15-3-1-9(8)16-17/h15,18-19H,1-7H2/t11-/m1/s1. The van der Waals surface area contributed by atoms with Crippen LogP contribution in [-0.2, 0) is 25.4 Å². The van der Waals surface area contributed by atoms with E-state index in [1.165, 1.54) is 4.68 Å². The number of nitrogens with zero attached hydrogens (tertiary/aromatic N) is 2. The molecule has 0 saturated heterocycles. The van der Waals surface area contributed by atoms with E-state index in [0.717, 1.165) is 12.2 Å². The molecule has 7 heteroatoms. The van der Waals surface area contributed by atoms with Crippen molar-refractivity contribution in [2.75, 3.05) is 13.2 Å². The van der Waals surface area contributed by atoms with E-state index < -0.39 is 24.6 Å². The molecule has 0 fully saturated rings. The van der Waals surface area contributed by atoms with Gasteiger partial charge in [-0.05, 0) is 6.42 Å².